The lowest BCUT2D eigenvalue weighted by Crippen LogP contribution is -2.11. The van der Waals surface area contributed by atoms with Gasteiger partial charge in [0.25, 0.3) is 5.91 Å². The lowest BCUT2D eigenvalue weighted by atomic mass is 10.1. The van der Waals surface area contributed by atoms with Gasteiger partial charge in [0.2, 0.25) is 5.28 Å². The van der Waals surface area contributed by atoms with E-state index >= 15 is 0 Å². The maximum absolute atomic E-state index is 12.4. The molecular formula is C21H17ClN4O2S. The van der Waals surface area contributed by atoms with Crippen molar-refractivity contribution in [2.75, 3.05) is 5.32 Å². The third-order valence-electron chi connectivity index (χ3n) is 4.15. The zero-order chi connectivity index (χ0) is 20.2. The van der Waals surface area contributed by atoms with Crippen molar-refractivity contribution in [3.05, 3.63) is 89.1 Å². The van der Waals surface area contributed by atoms with Crippen molar-refractivity contribution in [2.45, 2.75) is 23.5 Å². The molecule has 2 heterocycles. The summed E-state index contributed by atoms with van der Waals surface area (Å²) in [5.74, 6) is -0.0717. The van der Waals surface area contributed by atoms with Gasteiger partial charge in [0.05, 0.1) is 18.5 Å². The molecule has 2 aromatic heterocycles. The molecule has 1 amide bonds. The van der Waals surface area contributed by atoms with Crippen LogP contribution in [0.5, 0.6) is 0 Å². The van der Waals surface area contributed by atoms with Crippen molar-refractivity contribution >= 4 is 35.0 Å². The highest BCUT2D eigenvalue weighted by Gasteiger charge is 2.15. The van der Waals surface area contributed by atoms with E-state index in [1.54, 1.807) is 16.8 Å². The van der Waals surface area contributed by atoms with Crippen LogP contribution in [-0.4, -0.2) is 20.7 Å². The van der Waals surface area contributed by atoms with E-state index in [1.807, 2.05) is 31.2 Å². The number of anilines is 1. The first-order valence-electron chi connectivity index (χ1n) is 8.86. The summed E-state index contributed by atoms with van der Waals surface area (Å²) in [5.41, 5.74) is 2.94. The molecule has 0 saturated carbocycles. The number of halogens is 1. The Bertz CT molecular complexity index is 1120. The summed E-state index contributed by atoms with van der Waals surface area (Å²) in [7, 11) is 0. The Morgan fingerprint density at radius 3 is 2.69 bits per heavy atom. The van der Waals surface area contributed by atoms with Crippen LogP contribution in [0.4, 0.5) is 5.69 Å². The lowest BCUT2D eigenvalue weighted by Gasteiger charge is -2.10. The van der Waals surface area contributed by atoms with Crippen molar-refractivity contribution in [3.8, 4) is 0 Å². The standard InChI is InChI=1S/C21H17ClN4O2S/c1-14-8-10-15(11-9-14)13-26-21(24-20(22)25-26)29-18-7-3-2-5-16(18)23-19(27)17-6-4-12-28-17/h2-12H,13H2,1H3,(H,23,27). The van der Waals surface area contributed by atoms with Gasteiger partial charge in [-0.25, -0.2) is 4.68 Å². The van der Waals surface area contributed by atoms with E-state index in [2.05, 4.69) is 39.7 Å². The molecule has 6 nitrogen and oxygen atoms in total. The number of furan rings is 1. The molecule has 4 rings (SSSR count). The first kappa shape index (κ1) is 19.3. The minimum absolute atomic E-state index is 0.178. The van der Waals surface area contributed by atoms with Gasteiger partial charge >= 0.3 is 0 Å². The molecule has 0 atom stereocenters. The number of aromatic nitrogens is 3. The molecule has 0 aliphatic carbocycles. The quantitative estimate of drug-likeness (QED) is 0.455. The second kappa shape index (κ2) is 8.55. The third kappa shape index (κ3) is 4.70. The summed E-state index contributed by atoms with van der Waals surface area (Å²) in [5, 5.41) is 7.99. The van der Waals surface area contributed by atoms with Gasteiger partial charge in [-0.2, -0.15) is 4.98 Å². The number of hydrogen-bond donors (Lipinski definition) is 1. The Balaban J connectivity index is 1.57. The molecule has 0 fully saturated rings. The van der Waals surface area contributed by atoms with Crippen LogP contribution >= 0.6 is 23.4 Å². The number of carbonyl (C=O) groups excluding carboxylic acids is 1. The minimum Gasteiger partial charge on any atom is -0.459 e. The number of amides is 1. The normalized spacial score (nSPS) is 10.8. The molecule has 0 aliphatic rings. The number of nitrogens with zero attached hydrogens (tertiary/aromatic N) is 3. The van der Waals surface area contributed by atoms with Gasteiger partial charge in [0, 0.05) is 4.90 Å². The molecule has 29 heavy (non-hydrogen) atoms. The molecule has 0 unspecified atom stereocenters. The maximum Gasteiger partial charge on any atom is 0.291 e. The highest BCUT2D eigenvalue weighted by Crippen LogP contribution is 2.33. The van der Waals surface area contributed by atoms with E-state index in [9.17, 15) is 4.79 Å². The number of benzene rings is 2. The summed E-state index contributed by atoms with van der Waals surface area (Å²) in [6.07, 6.45) is 1.46. The molecule has 146 valence electrons. The second-order valence-corrected chi connectivity index (χ2v) is 7.68. The van der Waals surface area contributed by atoms with Gasteiger partial charge in [0.15, 0.2) is 10.9 Å². The van der Waals surface area contributed by atoms with Crippen LogP contribution in [-0.2, 0) is 6.54 Å². The van der Waals surface area contributed by atoms with Gasteiger partial charge in [-0.1, -0.05) is 42.0 Å². The van der Waals surface area contributed by atoms with Gasteiger partial charge in [0.1, 0.15) is 0 Å². The molecule has 8 heteroatoms. The molecular weight excluding hydrogens is 408 g/mol. The summed E-state index contributed by atoms with van der Waals surface area (Å²) in [4.78, 5) is 17.5. The van der Waals surface area contributed by atoms with E-state index in [4.69, 9.17) is 16.0 Å². The maximum atomic E-state index is 12.4. The molecule has 0 bridgehead atoms. The highest BCUT2D eigenvalue weighted by molar-refractivity contribution is 7.99. The number of carbonyl (C=O) groups is 1. The van der Waals surface area contributed by atoms with Gasteiger partial charge in [-0.05, 0) is 60.1 Å². The largest absolute Gasteiger partial charge is 0.459 e. The van der Waals surface area contributed by atoms with Crippen molar-refractivity contribution in [1.29, 1.82) is 0 Å². The van der Waals surface area contributed by atoms with Crippen LogP contribution in [0.2, 0.25) is 5.28 Å². The summed E-state index contributed by atoms with van der Waals surface area (Å²) < 4.78 is 6.91. The van der Waals surface area contributed by atoms with Crippen LogP contribution in [0.15, 0.2) is 81.4 Å². The fourth-order valence-corrected chi connectivity index (χ4v) is 3.83. The van der Waals surface area contributed by atoms with Crippen molar-refractivity contribution in [1.82, 2.24) is 14.8 Å². The van der Waals surface area contributed by atoms with Gasteiger partial charge in [-0.15, -0.1) is 5.10 Å². The summed E-state index contributed by atoms with van der Waals surface area (Å²) in [6.45, 7) is 2.59. The molecule has 0 aliphatic heterocycles. The number of nitrogens with one attached hydrogen (secondary N) is 1. The predicted molar refractivity (Wildman–Crippen MR) is 113 cm³/mol. The topological polar surface area (TPSA) is 73.0 Å². The second-order valence-electron chi connectivity index (χ2n) is 6.34. The first-order valence-corrected chi connectivity index (χ1v) is 10.1. The number of aryl methyl sites for hydroxylation is 1. The molecule has 0 radical (unpaired) electrons. The Morgan fingerprint density at radius 1 is 1.14 bits per heavy atom. The number of hydrogen-bond acceptors (Lipinski definition) is 5. The van der Waals surface area contributed by atoms with Crippen LogP contribution in [0.3, 0.4) is 0 Å². The average Bonchev–Trinajstić information content (AvgIpc) is 3.35. The van der Waals surface area contributed by atoms with Gasteiger partial charge < -0.3 is 9.73 Å². The smallest absolute Gasteiger partial charge is 0.291 e. The fourth-order valence-electron chi connectivity index (χ4n) is 2.70. The van der Waals surface area contributed by atoms with Crippen LogP contribution < -0.4 is 5.32 Å². The zero-order valence-corrected chi connectivity index (χ0v) is 17.1. The van der Waals surface area contributed by atoms with E-state index in [0.717, 1.165) is 10.5 Å². The zero-order valence-electron chi connectivity index (χ0n) is 15.5. The fraction of sp³-hybridized carbons (Fsp3) is 0.0952. The monoisotopic (exact) mass is 424 g/mol. The van der Waals surface area contributed by atoms with E-state index in [0.29, 0.717) is 17.4 Å². The molecule has 1 N–H and O–H groups in total. The third-order valence-corrected chi connectivity index (χ3v) is 5.37. The van der Waals surface area contributed by atoms with Crippen molar-refractivity contribution in [2.24, 2.45) is 0 Å². The summed E-state index contributed by atoms with van der Waals surface area (Å²) in [6, 6.07) is 19.0. The van der Waals surface area contributed by atoms with E-state index < -0.39 is 0 Å². The Labute approximate surface area is 176 Å². The van der Waals surface area contributed by atoms with Crippen LogP contribution in [0, 0.1) is 6.92 Å². The summed E-state index contributed by atoms with van der Waals surface area (Å²) >= 11 is 7.46. The van der Waals surface area contributed by atoms with Crippen molar-refractivity contribution in [3.63, 3.8) is 0 Å². The molecule has 2 aromatic carbocycles. The van der Waals surface area contributed by atoms with E-state index in [1.165, 1.54) is 23.6 Å². The van der Waals surface area contributed by atoms with Crippen molar-refractivity contribution < 1.29 is 9.21 Å². The lowest BCUT2D eigenvalue weighted by molar-refractivity contribution is 0.0996. The first-order chi connectivity index (χ1) is 14.1. The predicted octanol–water partition coefficient (Wildman–Crippen LogP) is 5.28. The van der Waals surface area contributed by atoms with Crippen LogP contribution in [0.25, 0.3) is 0 Å². The average molecular weight is 425 g/mol. The Kier molecular flexibility index (Phi) is 5.69. The van der Waals surface area contributed by atoms with Crippen LogP contribution in [0.1, 0.15) is 21.7 Å². The Morgan fingerprint density at radius 2 is 1.93 bits per heavy atom. The number of para-hydroxylation sites is 1. The molecule has 0 saturated heterocycles. The number of rotatable bonds is 6. The van der Waals surface area contributed by atoms with Gasteiger partial charge in [-0.3, -0.25) is 4.79 Å². The highest BCUT2D eigenvalue weighted by atomic mass is 35.5. The van der Waals surface area contributed by atoms with E-state index in [-0.39, 0.29) is 17.0 Å². The molecule has 0 spiro atoms. The Hall–Kier alpha value is -3.03. The SMILES string of the molecule is Cc1ccc(Cn2nc(Cl)nc2Sc2ccccc2NC(=O)c2ccco2)cc1. The minimum atomic E-state index is -0.317. The molecule has 4 aromatic rings.